The van der Waals surface area contributed by atoms with Crippen molar-refractivity contribution in [3.8, 4) is 0 Å². The predicted octanol–water partition coefficient (Wildman–Crippen LogP) is 1.62. The van der Waals surface area contributed by atoms with Crippen LogP contribution in [0.4, 0.5) is 0 Å². The molecule has 0 aromatic heterocycles. The third kappa shape index (κ3) is 5.06. The Labute approximate surface area is 116 Å². The lowest BCUT2D eigenvalue weighted by atomic mass is 10.2. The summed E-state index contributed by atoms with van der Waals surface area (Å²) in [5.41, 5.74) is 0.947. The number of rotatable bonds is 7. The average Bonchev–Trinajstić information content (AvgIpc) is 3.11. The monoisotopic (exact) mass is 332 g/mol. The van der Waals surface area contributed by atoms with E-state index < -0.39 is 10.0 Å². The maximum atomic E-state index is 11.7. The lowest BCUT2D eigenvalue weighted by molar-refractivity contribution is 0.576. The summed E-state index contributed by atoms with van der Waals surface area (Å²) in [5.74, 6) is 0.136. The van der Waals surface area contributed by atoms with Crippen LogP contribution in [0.1, 0.15) is 18.4 Å². The van der Waals surface area contributed by atoms with E-state index in [1.807, 2.05) is 24.3 Å². The molecule has 4 nitrogen and oxygen atoms in total. The lowest BCUT2D eigenvalue weighted by Gasteiger charge is -2.07. The zero-order valence-electron chi connectivity index (χ0n) is 10.0. The van der Waals surface area contributed by atoms with Crippen molar-refractivity contribution in [3.63, 3.8) is 0 Å². The molecule has 1 saturated carbocycles. The minimum atomic E-state index is -3.19. The number of halogens is 1. The van der Waals surface area contributed by atoms with Gasteiger partial charge in [-0.25, -0.2) is 13.1 Å². The highest BCUT2D eigenvalue weighted by molar-refractivity contribution is 9.10. The molecule has 1 aliphatic rings. The van der Waals surface area contributed by atoms with E-state index >= 15 is 0 Å². The SMILES string of the molecule is O=S(=O)(CCNC1CC1)NCc1cccc(Br)c1. The first kappa shape index (κ1) is 14.0. The molecule has 0 heterocycles. The summed E-state index contributed by atoms with van der Waals surface area (Å²) in [7, 11) is -3.19. The Bertz CT molecular complexity index is 501. The Hall–Kier alpha value is -0.430. The Morgan fingerprint density at radius 3 is 2.78 bits per heavy atom. The second kappa shape index (κ2) is 6.14. The fourth-order valence-electron chi connectivity index (χ4n) is 1.60. The van der Waals surface area contributed by atoms with E-state index in [1.165, 1.54) is 12.8 Å². The van der Waals surface area contributed by atoms with Gasteiger partial charge in [-0.3, -0.25) is 0 Å². The minimum absolute atomic E-state index is 0.136. The fourth-order valence-corrected chi connectivity index (χ4v) is 2.96. The lowest BCUT2D eigenvalue weighted by Crippen LogP contribution is -2.32. The van der Waals surface area contributed by atoms with Crippen molar-refractivity contribution < 1.29 is 8.42 Å². The molecule has 0 saturated heterocycles. The molecule has 0 bridgehead atoms. The van der Waals surface area contributed by atoms with E-state index in [2.05, 4.69) is 26.0 Å². The summed E-state index contributed by atoms with van der Waals surface area (Å²) < 4.78 is 27.0. The van der Waals surface area contributed by atoms with Crippen LogP contribution in [0.15, 0.2) is 28.7 Å². The van der Waals surface area contributed by atoms with Gasteiger partial charge in [0.2, 0.25) is 10.0 Å². The first-order chi connectivity index (χ1) is 8.55. The third-order valence-corrected chi connectivity index (χ3v) is 4.59. The molecule has 0 radical (unpaired) electrons. The second-order valence-corrected chi connectivity index (χ2v) is 7.34. The van der Waals surface area contributed by atoms with Crippen molar-refractivity contribution in [1.82, 2.24) is 10.0 Å². The second-order valence-electron chi connectivity index (χ2n) is 4.50. The highest BCUT2D eigenvalue weighted by Gasteiger charge is 2.21. The molecular formula is C12H17BrN2O2S. The van der Waals surface area contributed by atoms with Gasteiger partial charge in [0.05, 0.1) is 5.75 Å². The minimum Gasteiger partial charge on any atom is -0.313 e. The first-order valence-electron chi connectivity index (χ1n) is 6.00. The molecular weight excluding hydrogens is 316 g/mol. The standard InChI is InChI=1S/C12H17BrN2O2S/c13-11-3-1-2-10(8-11)9-15-18(16,17)7-6-14-12-4-5-12/h1-3,8,12,14-15H,4-7,9H2. The van der Waals surface area contributed by atoms with E-state index in [0.717, 1.165) is 10.0 Å². The third-order valence-electron chi connectivity index (χ3n) is 2.77. The van der Waals surface area contributed by atoms with Crippen LogP contribution in [-0.4, -0.2) is 26.8 Å². The number of benzene rings is 1. The van der Waals surface area contributed by atoms with Crippen LogP contribution in [0.3, 0.4) is 0 Å². The van der Waals surface area contributed by atoms with Crippen LogP contribution in [0.2, 0.25) is 0 Å². The Morgan fingerprint density at radius 2 is 2.11 bits per heavy atom. The van der Waals surface area contributed by atoms with Gasteiger partial charge in [0.15, 0.2) is 0 Å². The van der Waals surface area contributed by atoms with Crippen LogP contribution in [0.5, 0.6) is 0 Å². The van der Waals surface area contributed by atoms with E-state index in [0.29, 0.717) is 19.1 Å². The molecule has 2 N–H and O–H groups in total. The topological polar surface area (TPSA) is 58.2 Å². The average molecular weight is 333 g/mol. The largest absolute Gasteiger partial charge is 0.313 e. The fraction of sp³-hybridized carbons (Fsp3) is 0.500. The zero-order valence-corrected chi connectivity index (χ0v) is 12.4. The summed E-state index contributed by atoms with van der Waals surface area (Å²) in [6.45, 7) is 0.865. The van der Waals surface area contributed by atoms with Gasteiger partial charge in [0.25, 0.3) is 0 Å². The molecule has 6 heteroatoms. The Kier molecular flexibility index (Phi) is 4.77. The maximum absolute atomic E-state index is 11.7. The predicted molar refractivity (Wildman–Crippen MR) is 75.8 cm³/mol. The van der Waals surface area contributed by atoms with Crippen molar-refractivity contribution in [2.24, 2.45) is 0 Å². The van der Waals surface area contributed by atoms with E-state index in [9.17, 15) is 8.42 Å². The molecule has 0 atom stereocenters. The van der Waals surface area contributed by atoms with E-state index in [-0.39, 0.29) is 5.75 Å². The van der Waals surface area contributed by atoms with Gasteiger partial charge in [-0.15, -0.1) is 0 Å². The Balaban J connectivity index is 1.76. The zero-order chi connectivity index (χ0) is 13.0. The van der Waals surface area contributed by atoms with Gasteiger partial charge in [-0.1, -0.05) is 28.1 Å². The van der Waals surface area contributed by atoms with Gasteiger partial charge < -0.3 is 5.32 Å². The van der Waals surface area contributed by atoms with Gasteiger partial charge in [0.1, 0.15) is 0 Å². The van der Waals surface area contributed by atoms with Crippen LogP contribution >= 0.6 is 15.9 Å². The molecule has 100 valence electrons. The molecule has 0 unspecified atom stereocenters. The van der Waals surface area contributed by atoms with Crippen LogP contribution in [0.25, 0.3) is 0 Å². The Morgan fingerprint density at radius 1 is 1.33 bits per heavy atom. The van der Waals surface area contributed by atoms with Crippen molar-refractivity contribution in [3.05, 3.63) is 34.3 Å². The molecule has 0 spiro atoms. The quantitative estimate of drug-likeness (QED) is 0.797. The summed E-state index contributed by atoms with van der Waals surface area (Å²) in [6.07, 6.45) is 2.34. The number of hydrogen-bond acceptors (Lipinski definition) is 3. The van der Waals surface area contributed by atoms with Gasteiger partial charge in [0, 0.05) is 23.6 Å². The van der Waals surface area contributed by atoms with E-state index in [1.54, 1.807) is 0 Å². The normalized spacial score (nSPS) is 15.8. The molecule has 1 aromatic rings. The van der Waals surface area contributed by atoms with Crippen LogP contribution in [-0.2, 0) is 16.6 Å². The first-order valence-corrected chi connectivity index (χ1v) is 8.45. The van der Waals surface area contributed by atoms with Crippen molar-refractivity contribution >= 4 is 26.0 Å². The van der Waals surface area contributed by atoms with E-state index in [4.69, 9.17) is 0 Å². The summed E-state index contributed by atoms with van der Waals surface area (Å²) >= 11 is 3.36. The molecule has 0 amide bonds. The number of hydrogen-bond donors (Lipinski definition) is 2. The molecule has 1 fully saturated rings. The number of sulfonamides is 1. The molecule has 18 heavy (non-hydrogen) atoms. The molecule has 2 rings (SSSR count). The highest BCUT2D eigenvalue weighted by Crippen LogP contribution is 2.18. The van der Waals surface area contributed by atoms with Crippen molar-refractivity contribution in [1.29, 1.82) is 0 Å². The summed E-state index contributed by atoms with van der Waals surface area (Å²) in [6, 6.07) is 8.16. The smallest absolute Gasteiger partial charge is 0.213 e. The summed E-state index contributed by atoms with van der Waals surface area (Å²) in [4.78, 5) is 0. The molecule has 1 aliphatic carbocycles. The van der Waals surface area contributed by atoms with Crippen LogP contribution in [0, 0.1) is 0 Å². The van der Waals surface area contributed by atoms with Crippen LogP contribution < -0.4 is 10.0 Å². The molecule has 1 aromatic carbocycles. The van der Waals surface area contributed by atoms with Gasteiger partial charge in [-0.2, -0.15) is 0 Å². The molecule has 0 aliphatic heterocycles. The van der Waals surface area contributed by atoms with Crippen molar-refractivity contribution in [2.45, 2.75) is 25.4 Å². The highest BCUT2D eigenvalue weighted by atomic mass is 79.9. The van der Waals surface area contributed by atoms with Gasteiger partial charge in [-0.05, 0) is 30.5 Å². The van der Waals surface area contributed by atoms with Crippen molar-refractivity contribution in [2.75, 3.05) is 12.3 Å². The van der Waals surface area contributed by atoms with Gasteiger partial charge >= 0.3 is 0 Å². The number of nitrogens with one attached hydrogen (secondary N) is 2. The maximum Gasteiger partial charge on any atom is 0.213 e. The summed E-state index contributed by atoms with van der Waals surface area (Å²) in [5, 5.41) is 3.19.